The zero-order chi connectivity index (χ0) is 13.5. The Labute approximate surface area is 101 Å². The van der Waals surface area contributed by atoms with Crippen molar-refractivity contribution in [3.8, 4) is 0 Å². The predicted octanol–water partition coefficient (Wildman–Crippen LogP) is 0.373. The van der Waals surface area contributed by atoms with Gasteiger partial charge in [-0.1, -0.05) is 12.1 Å². The molecule has 94 valence electrons. The molecule has 0 spiro atoms. The third-order valence-corrected chi connectivity index (χ3v) is 3.17. The van der Waals surface area contributed by atoms with E-state index in [-0.39, 0.29) is 10.9 Å². The molecule has 0 fully saturated rings. The van der Waals surface area contributed by atoms with Crippen LogP contribution in [0, 0.1) is 10.1 Å². The Kier molecular flexibility index (Phi) is 2.64. The fourth-order valence-electron chi connectivity index (χ4n) is 1.60. The van der Waals surface area contributed by atoms with Gasteiger partial charge in [0.15, 0.2) is 5.69 Å². The second-order valence-electron chi connectivity index (χ2n) is 3.50. The van der Waals surface area contributed by atoms with Crippen molar-refractivity contribution in [1.29, 1.82) is 0 Å². The monoisotopic (exact) mass is 268 g/mol. The molecule has 4 N–H and O–H groups in total. The molecule has 0 saturated heterocycles. The van der Waals surface area contributed by atoms with Gasteiger partial charge in [0.25, 0.3) is 10.0 Å². The Morgan fingerprint density at radius 1 is 1.28 bits per heavy atom. The van der Waals surface area contributed by atoms with E-state index in [1.165, 1.54) is 12.1 Å². The van der Waals surface area contributed by atoms with E-state index >= 15 is 0 Å². The van der Waals surface area contributed by atoms with Gasteiger partial charge in [0.05, 0.1) is 15.8 Å². The minimum Gasteiger partial charge on any atom is -0.391 e. The third kappa shape index (κ3) is 1.85. The molecule has 1 aromatic carbocycles. The van der Waals surface area contributed by atoms with Gasteiger partial charge in [-0.05, 0) is 12.1 Å². The van der Waals surface area contributed by atoms with Crippen molar-refractivity contribution in [3.63, 3.8) is 0 Å². The molecule has 2 aromatic rings. The number of aromatic nitrogens is 1. The predicted molar refractivity (Wildman–Crippen MR) is 64.2 cm³/mol. The van der Waals surface area contributed by atoms with Crippen LogP contribution < -0.4 is 10.9 Å². The van der Waals surface area contributed by atoms with Gasteiger partial charge >= 0.3 is 5.69 Å². The van der Waals surface area contributed by atoms with E-state index in [1.54, 1.807) is 12.1 Å². The zero-order valence-corrected chi connectivity index (χ0v) is 9.72. The van der Waals surface area contributed by atoms with Crippen LogP contribution in [0.5, 0.6) is 0 Å². The smallest absolute Gasteiger partial charge is 0.304 e. The second kappa shape index (κ2) is 3.89. The normalized spacial score (nSPS) is 11.6. The minimum atomic E-state index is -4.22. The first-order chi connectivity index (χ1) is 8.32. The summed E-state index contributed by atoms with van der Waals surface area (Å²) in [5, 5.41) is 15.4. The summed E-state index contributed by atoms with van der Waals surface area (Å²) in [5.74, 6) is 0. The number of hydrogen-bond donors (Lipinski definition) is 2. The first-order valence-electron chi connectivity index (χ1n) is 4.68. The van der Waals surface area contributed by atoms with Crippen molar-refractivity contribution in [2.45, 2.75) is 5.03 Å². The van der Waals surface area contributed by atoms with Crippen molar-refractivity contribution in [2.75, 3.05) is 5.73 Å². The summed E-state index contributed by atoms with van der Waals surface area (Å²) >= 11 is 0. The molecule has 0 saturated carbocycles. The molecule has 0 atom stereocenters. The summed E-state index contributed by atoms with van der Waals surface area (Å²) in [6.45, 7) is 0. The van der Waals surface area contributed by atoms with Gasteiger partial charge in [0.2, 0.25) is 5.03 Å². The number of pyridine rings is 1. The topological polar surface area (TPSA) is 142 Å². The summed E-state index contributed by atoms with van der Waals surface area (Å²) < 4.78 is 22.6. The quantitative estimate of drug-likeness (QED) is 0.595. The number of hydrogen-bond acceptors (Lipinski definition) is 6. The largest absolute Gasteiger partial charge is 0.391 e. The Morgan fingerprint density at radius 3 is 2.44 bits per heavy atom. The summed E-state index contributed by atoms with van der Waals surface area (Å²) in [4.78, 5) is 14.0. The number of anilines is 1. The molecule has 0 aliphatic heterocycles. The van der Waals surface area contributed by atoms with Crippen molar-refractivity contribution < 1.29 is 13.3 Å². The maximum absolute atomic E-state index is 11.3. The molecule has 2 rings (SSSR count). The van der Waals surface area contributed by atoms with Crippen LogP contribution in [0.2, 0.25) is 0 Å². The number of para-hydroxylation sites is 1. The number of sulfonamides is 1. The number of benzene rings is 1. The van der Waals surface area contributed by atoms with Crippen LogP contribution in [0.4, 0.5) is 11.4 Å². The lowest BCUT2D eigenvalue weighted by Gasteiger charge is -2.06. The molecule has 0 bridgehead atoms. The Bertz CT molecular complexity index is 756. The fraction of sp³-hybridized carbons (Fsp3) is 0. The van der Waals surface area contributed by atoms with E-state index < -0.39 is 31.3 Å². The molecule has 0 amide bonds. The molecule has 0 radical (unpaired) electrons. The first-order valence-corrected chi connectivity index (χ1v) is 6.22. The second-order valence-corrected chi connectivity index (χ2v) is 4.98. The molecule has 0 aliphatic rings. The van der Waals surface area contributed by atoms with E-state index in [2.05, 4.69) is 4.98 Å². The molecular formula is C9H8N4O4S. The Hall–Kier alpha value is -2.26. The summed E-state index contributed by atoms with van der Waals surface area (Å²) in [6.07, 6.45) is 0. The molecule has 8 nitrogen and oxygen atoms in total. The lowest BCUT2D eigenvalue weighted by molar-refractivity contribution is -0.382. The zero-order valence-electron chi connectivity index (χ0n) is 8.90. The van der Waals surface area contributed by atoms with E-state index in [1.807, 2.05) is 0 Å². The minimum absolute atomic E-state index is 0.141. The maximum Gasteiger partial charge on any atom is 0.304 e. The summed E-state index contributed by atoms with van der Waals surface area (Å²) in [6, 6.07) is 6.01. The van der Waals surface area contributed by atoms with Gasteiger partial charge < -0.3 is 5.73 Å². The van der Waals surface area contributed by atoms with Crippen LogP contribution in [0.15, 0.2) is 29.3 Å². The van der Waals surface area contributed by atoms with Gasteiger partial charge in [-0.15, -0.1) is 0 Å². The number of fused-ring (bicyclic) bond motifs is 1. The Balaban J connectivity index is 3.03. The SMILES string of the molecule is Nc1c(S(N)(=O)=O)nc2ccccc2c1[N+](=O)[O-]. The average Bonchev–Trinajstić information content (AvgIpc) is 2.26. The van der Waals surface area contributed by atoms with Crippen LogP contribution in [0.3, 0.4) is 0 Å². The van der Waals surface area contributed by atoms with Crippen LogP contribution in [0.25, 0.3) is 10.9 Å². The molecule has 1 aromatic heterocycles. The number of primary sulfonamides is 1. The summed E-state index contributed by atoms with van der Waals surface area (Å²) in [5.41, 5.74) is 4.55. The van der Waals surface area contributed by atoms with E-state index in [0.717, 1.165) is 0 Å². The van der Waals surface area contributed by atoms with E-state index in [4.69, 9.17) is 10.9 Å². The van der Waals surface area contributed by atoms with Crippen LogP contribution in [-0.4, -0.2) is 18.3 Å². The van der Waals surface area contributed by atoms with Gasteiger partial charge in [-0.2, -0.15) is 0 Å². The molecule has 9 heteroatoms. The fourth-order valence-corrected chi connectivity index (χ4v) is 2.23. The van der Waals surface area contributed by atoms with Gasteiger partial charge in [0, 0.05) is 0 Å². The number of nitro groups is 1. The van der Waals surface area contributed by atoms with Crippen molar-refractivity contribution in [3.05, 3.63) is 34.4 Å². The lowest BCUT2D eigenvalue weighted by Crippen LogP contribution is -2.17. The van der Waals surface area contributed by atoms with E-state index in [0.29, 0.717) is 0 Å². The van der Waals surface area contributed by atoms with Crippen molar-refractivity contribution >= 4 is 32.3 Å². The first kappa shape index (κ1) is 12.2. The number of nitrogens with two attached hydrogens (primary N) is 2. The molecule has 1 heterocycles. The highest BCUT2D eigenvalue weighted by Crippen LogP contribution is 2.33. The summed E-state index contributed by atoms with van der Waals surface area (Å²) in [7, 11) is -4.22. The highest BCUT2D eigenvalue weighted by Gasteiger charge is 2.26. The van der Waals surface area contributed by atoms with Gasteiger partial charge in [-0.25, -0.2) is 18.5 Å². The number of nitrogen functional groups attached to an aromatic ring is 1. The van der Waals surface area contributed by atoms with Crippen molar-refractivity contribution in [2.24, 2.45) is 5.14 Å². The highest BCUT2D eigenvalue weighted by atomic mass is 32.2. The Morgan fingerprint density at radius 2 is 1.89 bits per heavy atom. The number of nitrogens with zero attached hydrogens (tertiary/aromatic N) is 2. The highest BCUT2D eigenvalue weighted by molar-refractivity contribution is 7.89. The molecule has 0 aliphatic carbocycles. The lowest BCUT2D eigenvalue weighted by atomic mass is 10.2. The number of rotatable bonds is 2. The van der Waals surface area contributed by atoms with Gasteiger partial charge in [-0.3, -0.25) is 10.1 Å². The molecular weight excluding hydrogens is 260 g/mol. The van der Waals surface area contributed by atoms with E-state index in [9.17, 15) is 18.5 Å². The van der Waals surface area contributed by atoms with Crippen LogP contribution >= 0.6 is 0 Å². The van der Waals surface area contributed by atoms with Crippen LogP contribution in [-0.2, 0) is 10.0 Å². The molecule has 18 heavy (non-hydrogen) atoms. The molecule has 0 unspecified atom stereocenters. The average molecular weight is 268 g/mol. The van der Waals surface area contributed by atoms with Gasteiger partial charge in [0.1, 0.15) is 0 Å². The third-order valence-electron chi connectivity index (χ3n) is 2.32. The standard InChI is InChI=1S/C9H8N4O4S/c10-7-8(13(14)15)5-3-1-2-4-6(5)12-9(7)18(11,16)17/h1-4H,10H2,(H2,11,16,17). The van der Waals surface area contributed by atoms with Crippen molar-refractivity contribution in [1.82, 2.24) is 4.98 Å². The maximum atomic E-state index is 11.3. The van der Waals surface area contributed by atoms with Crippen LogP contribution in [0.1, 0.15) is 0 Å².